The van der Waals surface area contributed by atoms with Crippen LogP contribution in [-0.4, -0.2) is 19.7 Å². The molecule has 1 saturated carbocycles. The van der Waals surface area contributed by atoms with Crippen molar-refractivity contribution in [2.24, 2.45) is 5.92 Å². The van der Waals surface area contributed by atoms with Crippen LogP contribution in [0.4, 0.5) is 30.7 Å². The number of hydrogen-bond acceptors (Lipinski definition) is 2. The number of rotatable bonds is 5. The molecule has 0 aromatic heterocycles. The Morgan fingerprint density at radius 3 is 1.97 bits per heavy atom. The lowest BCUT2D eigenvalue weighted by Crippen LogP contribution is -2.29. The minimum Gasteiger partial charge on any atom is -0.371 e. The largest absolute Gasteiger partial charge is 0.416 e. The Balaban J connectivity index is 0.000000468. The van der Waals surface area contributed by atoms with Gasteiger partial charge < -0.3 is 10.1 Å². The molecular formula is C24H28F7NO. The quantitative estimate of drug-likeness (QED) is 0.451. The molecule has 2 aromatic rings. The molecule has 33 heavy (non-hydrogen) atoms. The third-order valence-corrected chi connectivity index (χ3v) is 5.44. The smallest absolute Gasteiger partial charge is 0.371 e. The van der Waals surface area contributed by atoms with Crippen molar-refractivity contribution in [2.75, 3.05) is 13.6 Å². The zero-order valence-electron chi connectivity index (χ0n) is 18.4. The molecule has 1 unspecified atom stereocenters. The molecule has 1 fully saturated rings. The van der Waals surface area contributed by atoms with Gasteiger partial charge in [-0.1, -0.05) is 24.6 Å². The number of nitrogens with one attached hydrogen (secondary N) is 1. The maximum atomic E-state index is 13.0. The monoisotopic (exact) mass is 479 g/mol. The molecule has 3 atom stereocenters. The summed E-state index contributed by atoms with van der Waals surface area (Å²) in [6.45, 7) is 2.31. The van der Waals surface area contributed by atoms with Crippen LogP contribution in [0.25, 0.3) is 0 Å². The van der Waals surface area contributed by atoms with Crippen LogP contribution in [0.3, 0.4) is 0 Å². The van der Waals surface area contributed by atoms with Crippen LogP contribution in [0, 0.1) is 11.7 Å². The molecule has 0 bridgehead atoms. The summed E-state index contributed by atoms with van der Waals surface area (Å²) in [7, 11) is 1.84. The molecule has 1 N–H and O–H groups in total. The average Bonchev–Trinajstić information content (AvgIpc) is 2.74. The van der Waals surface area contributed by atoms with Gasteiger partial charge >= 0.3 is 12.4 Å². The first kappa shape index (κ1) is 27.1. The minimum atomic E-state index is -4.85. The molecule has 2 nitrogen and oxygen atoms in total. The normalized spacial score (nSPS) is 20.0. The Morgan fingerprint density at radius 1 is 0.939 bits per heavy atom. The zero-order chi connectivity index (χ0) is 24.6. The van der Waals surface area contributed by atoms with E-state index in [-0.39, 0.29) is 23.6 Å². The van der Waals surface area contributed by atoms with Gasteiger partial charge in [-0.2, -0.15) is 26.3 Å². The van der Waals surface area contributed by atoms with Crippen molar-refractivity contribution in [3.05, 3.63) is 71.0 Å². The summed E-state index contributed by atoms with van der Waals surface area (Å²) in [5, 5.41) is 3.09. The second-order valence-corrected chi connectivity index (χ2v) is 8.13. The number of halogens is 7. The summed E-state index contributed by atoms with van der Waals surface area (Å²) >= 11 is 0. The van der Waals surface area contributed by atoms with Gasteiger partial charge in [-0.05, 0) is 81.6 Å². The second-order valence-electron chi connectivity index (χ2n) is 8.13. The van der Waals surface area contributed by atoms with Crippen molar-refractivity contribution in [2.45, 2.75) is 57.2 Å². The summed E-state index contributed by atoms with van der Waals surface area (Å²) in [5.74, 6) is 0.223. The molecule has 0 heterocycles. The van der Waals surface area contributed by atoms with Gasteiger partial charge in [0.1, 0.15) is 5.82 Å². The van der Waals surface area contributed by atoms with E-state index in [2.05, 4.69) is 5.32 Å². The molecule has 3 rings (SSSR count). The highest BCUT2D eigenvalue weighted by atomic mass is 19.4. The van der Waals surface area contributed by atoms with E-state index >= 15 is 0 Å². The number of alkyl halides is 6. The fourth-order valence-electron chi connectivity index (χ4n) is 3.83. The lowest BCUT2D eigenvalue weighted by molar-refractivity contribution is -0.143. The van der Waals surface area contributed by atoms with Crippen LogP contribution in [0.2, 0.25) is 0 Å². The van der Waals surface area contributed by atoms with E-state index in [1.54, 1.807) is 18.2 Å². The Kier molecular flexibility index (Phi) is 9.72. The highest BCUT2D eigenvalue weighted by Gasteiger charge is 2.37. The second kappa shape index (κ2) is 11.8. The first-order valence-electron chi connectivity index (χ1n) is 10.7. The van der Waals surface area contributed by atoms with E-state index < -0.39 is 29.6 Å². The first-order chi connectivity index (χ1) is 15.4. The van der Waals surface area contributed by atoms with Crippen molar-refractivity contribution in [1.29, 1.82) is 0 Å². The Bertz CT molecular complexity index is 818. The fourth-order valence-corrected chi connectivity index (χ4v) is 3.83. The van der Waals surface area contributed by atoms with E-state index in [0.717, 1.165) is 44.4 Å². The van der Waals surface area contributed by atoms with Crippen molar-refractivity contribution in [1.82, 2.24) is 5.32 Å². The number of ether oxygens (including phenoxy) is 1. The Hall–Kier alpha value is -2.13. The van der Waals surface area contributed by atoms with Crippen LogP contribution in [0.5, 0.6) is 0 Å². The zero-order valence-corrected chi connectivity index (χ0v) is 18.4. The number of benzene rings is 2. The molecule has 1 aliphatic rings. The SMILES string of the molecule is CNC[C@H]1CCC[C@@H](OC(C)c2cc(C(F)(F)F)cc(C(F)(F)F)c2)C1.Fc1ccccc1. The molecule has 2 aromatic carbocycles. The highest BCUT2D eigenvalue weighted by molar-refractivity contribution is 5.34. The van der Waals surface area contributed by atoms with Crippen LogP contribution >= 0.6 is 0 Å². The fraction of sp³-hybridized carbons (Fsp3) is 0.500. The molecule has 184 valence electrons. The lowest BCUT2D eigenvalue weighted by atomic mass is 9.87. The van der Waals surface area contributed by atoms with Crippen molar-refractivity contribution in [3.8, 4) is 0 Å². The van der Waals surface area contributed by atoms with Crippen molar-refractivity contribution in [3.63, 3.8) is 0 Å². The Labute approximate surface area is 189 Å². The van der Waals surface area contributed by atoms with E-state index in [1.165, 1.54) is 19.1 Å². The highest BCUT2D eigenvalue weighted by Crippen LogP contribution is 2.38. The summed E-state index contributed by atoms with van der Waals surface area (Å²) in [5.41, 5.74) is -2.73. The summed E-state index contributed by atoms with van der Waals surface area (Å²) < 4.78 is 95.6. The third kappa shape index (κ3) is 8.97. The van der Waals surface area contributed by atoms with Crippen LogP contribution < -0.4 is 5.32 Å². The van der Waals surface area contributed by atoms with Crippen LogP contribution in [0.15, 0.2) is 48.5 Å². The first-order valence-corrected chi connectivity index (χ1v) is 10.7. The van der Waals surface area contributed by atoms with Gasteiger partial charge in [0.2, 0.25) is 0 Å². The predicted octanol–water partition coefficient (Wildman–Crippen LogP) is 7.41. The van der Waals surface area contributed by atoms with E-state index in [1.807, 2.05) is 7.05 Å². The van der Waals surface area contributed by atoms with Gasteiger partial charge in [-0.25, -0.2) is 4.39 Å². The van der Waals surface area contributed by atoms with Crippen molar-refractivity contribution < 1.29 is 35.5 Å². The van der Waals surface area contributed by atoms with Gasteiger partial charge in [0.25, 0.3) is 0 Å². The molecule has 0 aliphatic heterocycles. The molecule has 1 aliphatic carbocycles. The van der Waals surface area contributed by atoms with Gasteiger partial charge in [0, 0.05) is 0 Å². The Morgan fingerprint density at radius 2 is 1.52 bits per heavy atom. The maximum Gasteiger partial charge on any atom is 0.416 e. The molecular weight excluding hydrogens is 451 g/mol. The maximum absolute atomic E-state index is 13.0. The third-order valence-electron chi connectivity index (χ3n) is 5.44. The van der Waals surface area contributed by atoms with E-state index in [4.69, 9.17) is 4.74 Å². The van der Waals surface area contributed by atoms with Crippen LogP contribution in [0.1, 0.15) is 55.4 Å². The van der Waals surface area contributed by atoms with Gasteiger partial charge in [0.05, 0.1) is 23.3 Å². The van der Waals surface area contributed by atoms with E-state index in [0.29, 0.717) is 5.92 Å². The van der Waals surface area contributed by atoms with Crippen molar-refractivity contribution >= 4 is 0 Å². The summed E-state index contributed by atoms with van der Waals surface area (Å²) in [4.78, 5) is 0. The standard InChI is InChI=1S/C18H23F6NO.C6H5F/c1-11(26-16-5-3-4-12(6-16)10-25-2)13-7-14(17(19,20)21)9-15(8-13)18(22,23)24;7-6-4-2-1-3-5-6/h7-9,11-12,16,25H,3-6,10H2,1-2H3;1-5H/t11?,12-,16+;/m0./s1. The lowest BCUT2D eigenvalue weighted by Gasteiger charge is -2.31. The topological polar surface area (TPSA) is 21.3 Å². The molecule has 0 saturated heterocycles. The minimum absolute atomic E-state index is 0.108. The van der Waals surface area contributed by atoms with Gasteiger partial charge in [-0.3, -0.25) is 0 Å². The average molecular weight is 479 g/mol. The molecule has 9 heteroatoms. The number of hydrogen-bond donors (Lipinski definition) is 1. The summed E-state index contributed by atoms with van der Waals surface area (Å²) in [6.07, 6.45) is -7.24. The van der Waals surface area contributed by atoms with Gasteiger partial charge in [0.15, 0.2) is 0 Å². The predicted molar refractivity (Wildman–Crippen MR) is 112 cm³/mol. The molecule has 0 radical (unpaired) electrons. The van der Waals surface area contributed by atoms with Crippen LogP contribution in [-0.2, 0) is 17.1 Å². The summed E-state index contributed by atoms with van der Waals surface area (Å²) in [6, 6.07) is 9.56. The van der Waals surface area contributed by atoms with Gasteiger partial charge in [-0.15, -0.1) is 0 Å². The van der Waals surface area contributed by atoms with E-state index in [9.17, 15) is 30.7 Å². The molecule has 0 spiro atoms. The molecule has 0 amide bonds.